The molecule has 116 valence electrons. The van der Waals surface area contributed by atoms with Gasteiger partial charge in [-0.05, 0) is 50.7 Å². The standard InChI is InChI=1S/C16H25N3O2/c1-3-17-15(21)14-10-13(6-9-18-14)19-16(11-20)7-4-12(2)5-8-16/h6,9-10,12,20H,3-5,7-8,11H2,1-2H3,(H,17,21)(H,18,19). The van der Waals surface area contributed by atoms with Gasteiger partial charge in [0.05, 0.1) is 12.1 Å². The van der Waals surface area contributed by atoms with E-state index in [-0.39, 0.29) is 18.1 Å². The Kier molecular flexibility index (Phi) is 5.17. The Morgan fingerprint density at radius 2 is 2.19 bits per heavy atom. The van der Waals surface area contributed by atoms with Crippen LogP contribution in [-0.2, 0) is 0 Å². The molecule has 1 aromatic rings. The molecule has 1 saturated carbocycles. The number of aliphatic hydroxyl groups is 1. The van der Waals surface area contributed by atoms with Crippen LogP contribution in [0.15, 0.2) is 18.3 Å². The first-order valence-corrected chi connectivity index (χ1v) is 7.72. The van der Waals surface area contributed by atoms with Crippen molar-refractivity contribution in [3.05, 3.63) is 24.0 Å². The van der Waals surface area contributed by atoms with Crippen LogP contribution in [0.5, 0.6) is 0 Å². The Morgan fingerprint density at radius 3 is 2.81 bits per heavy atom. The lowest BCUT2D eigenvalue weighted by atomic mass is 9.77. The second-order valence-electron chi connectivity index (χ2n) is 6.04. The molecule has 2 rings (SSSR count). The Bertz CT molecular complexity index is 482. The van der Waals surface area contributed by atoms with Crippen LogP contribution < -0.4 is 10.6 Å². The molecule has 0 atom stereocenters. The molecule has 0 aliphatic heterocycles. The van der Waals surface area contributed by atoms with Crippen LogP contribution in [0.4, 0.5) is 5.69 Å². The molecule has 0 radical (unpaired) electrons. The van der Waals surface area contributed by atoms with Crippen molar-refractivity contribution in [2.24, 2.45) is 5.92 Å². The Hall–Kier alpha value is -1.62. The quantitative estimate of drug-likeness (QED) is 0.777. The van der Waals surface area contributed by atoms with Gasteiger partial charge in [0.2, 0.25) is 0 Å². The lowest BCUT2D eigenvalue weighted by molar-refractivity contribution is 0.0951. The van der Waals surface area contributed by atoms with Crippen LogP contribution in [0.25, 0.3) is 0 Å². The molecule has 5 nitrogen and oxygen atoms in total. The molecule has 0 spiro atoms. The van der Waals surface area contributed by atoms with Crippen LogP contribution in [0.3, 0.4) is 0 Å². The molecule has 5 heteroatoms. The zero-order valence-corrected chi connectivity index (χ0v) is 12.9. The Balaban J connectivity index is 2.11. The van der Waals surface area contributed by atoms with Crippen molar-refractivity contribution in [1.82, 2.24) is 10.3 Å². The maximum absolute atomic E-state index is 11.8. The van der Waals surface area contributed by atoms with Gasteiger partial charge in [0, 0.05) is 18.4 Å². The highest BCUT2D eigenvalue weighted by molar-refractivity contribution is 5.93. The predicted octanol–water partition coefficient (Wildman–Crippen LogP) is 2.18. The third-order valence-corrected chi connectivity index (χ3v) is 4.27. The van der Waals surface area contributed by atoms with Gasteiger partial charge < -0.3 is 15.7 Å². The van der Waals surface area contributed by atoms with Crippen molar-refractivity contribution in [3.63, 3.8) is 0 Å². The summed E-state index contributed by atoms with van der Waals surface area (Å²) < 4.78 is 0. The Morgan fingerprint density at radius 1 is 1.48 bits per heavy atom. The highest BCUT2D eigenvalue weighted by Crippen LogP contribution is 2.34. The molecule has 1 heterocycles. The molecule has 0 saturated heterocycles. The summed E-state index contributed by atoms with van der Waals surface area (Å²) >= 11 is 0. The lowest BCUT2D eigenvalue weighted by Crippen LogP contribution is -2.45. The van der Waals surface area contributed by atoms with Gasteiger partial charge in [-0.15, -0.1) is 0 Å². The Labute approximate surface area is 126 Å². The third-order valence-electron chi connectivity index (χ3n) is 4.27. The minimum Gasteiger partial charge on any atom is -0.394 e. The number of rotatable bonds is 5. The molecule has 1 aliphatic carbocycles. The van der Waals surface area contributed by atoms with E-state index in [1.807, 2.05) is 13.0 Å². The number of anilines is 1. The van der Waals surface area contributed by atoms with E-state index in [9.17, 15) is 9.90 Å². The fraction of sp³-hybridized carbons (Fsp3) is 0.625. The van der Waals surface area contributed by atoms with Crippen molar-refractivity contribution in [2.75, 3.05) is 18.5 Å². The van der Waals surface area contributed by atoms with Gasteiger partial charge >= 0.3 is 0 Å². The largest absolute Gasteiger partial charge is 0.394 e. The van der Waals surface area contributed by atoms with Crippen molar-refractivity contribution in [2.45, 2.75) is 45.1 Å². The molecule has 1 amide bonds. The van der Waals surface area contributed by atoms with Crippen LogP contribution >= 0.6 is 0 Å². The summed E-state index contributed by atoms with van der Waals surface area (Å²) in [5.74, 6) is 0.547. The maximum atomic E-state index is 11.8. The summed E-state index contributed by atoms with van der Waals surface area (Å²) in [6.07, 6.45) is 5.75. The SMILES string of the molecule is CCNC(=O)c1cc(NC2(CO)CCC(C)CC2)ccn1. The van der Waals surface area contributed by atoms with E-state index in [2.05, 4.69) is 22.5 Å². The molecular formula is C16H25N3O2. The number of nitrogens with one attached hydrogen (secondary N) is 2. The zero-order chi connectivity index (χ0) is 15.3. The molecule has 3 N–H and O–H groups in total. The highest BCUT2D eigenvalue weighted by atomic mass is 16.3. The average Bonchev–Trinajstić information content (AvgIpc) is 2.50. The molecule has 0 unspecified atom stereocenters. The molecule has 1 fully saturated rings. The summed E-state index contributed by atoms with van der Waals surface area (Å²) in [5, 5.41) is 16.0. The minimum atomic E-state index is -0.271. The fourth-order valence-electron chi connectivity index (χ4n) is 2.83. The summed E-state index contributed by atoms with van der Waals surface area (Å²) in [7, 11) is 0. The monoisotopic (exact) mass is 291 g/mol. The van der Waals surface area contributed by atoms with E-state index in [1.54, 1.807) is 12.3 Å². The number of aliphatic hydroxyl groups excluding tert-OH is 1. The summed E-state index contributed by atoms with van der Waals surface area (Å²) in [5.41, 5.74) is 0.973. The van der Waals surface area contributed by atoms with Gasteiger partial charge in [0.25, 0.3) is 5.91 Å². The average molecular weight is 291 g/mol. The van der Waals surface area contributed by atoms with Crippen molar-refractivity contribution in [3.8, 4) is 0 Å². The topological polar surface area (TPSA) is 74.2 Å². The molecular weight excluding hydrogens is 266 g/mol. The van der Waals surface area contributed by atoms with Crippen molar-refractivity contribution < 1.29 is 9.90 Å². The fourth-order valence-corrected chi connectivity index (χ4v) is 2.83. The number of nitrogens with zero attached hydrogens (tertiary/aromatic N) is 1. The van der Waals surface area contributed by atoms with Crippen molar-refractivity contribution >= 4 is 11.6 Å². The van der Waals surface area contributed by atoms with Gasteiger partial charge in [-0.1, -0.05) is 6.92 Å². The first-order valence-electron chi connectivity index (χ1n) is 7.72. The van der Waals surface area contributed by atoms with Crippen molar-refractivity contribution in [1.29, 1.82) is 0 Å². The van der Waals surface area contributed by atoms with E-state index in [0.29, 0.717) is 12.2 Å². The van der Waals surface area contributed by atoms with Gasteiger partial charge in [-0.3, -0.25) is 9.78 Å². The first kappa shape index (κ1) is 15.8. The maximum Gasteiger partial charge on any atom is 0.269 e. The number of hydrogen-bond acceptors (Lipinski definition) is 4. The van der Waals surface area contributed by atoms with Crippen LogP contribution in [-0.4, -0.2) is 34.7 Å². The number of aromatic nitrogens is 1. The van der Waals surface area contributed by atoms with Gasteiger partial charge in [0.15, 0.2) is 0 Å². The predicted molar refractivity (Wildman–Crippen MR) is 83.3 cm³/mol. The zero-order valence-electron chi connectivity index (χ0n) is 12.9. The number of hydrogen-bond donors (Lipinski definition) is 3. The number of carbonyl (C=O) groups excluding carboxylic acids is 1. The van der Waals surface area contributed by atoms with Crippen LogP contribution in [0.2, 0.25) is 0 Å². The second kappa shape index (κ2) is 6.89. The van der Waals surface area contributed by atoms with E-state index >= 15 is 0 Å². The molecule has 1 aromatic heterocycles. The van der Waals surface area contributed by atoms with E-state index in [0.717, 1.165) is 37.3 Å². The number of amides is 1. The molecule has 21 heavy (non-hydrogen) atoms. The van der Waals surface area contributed by atoms with E-state index in [4.69, 9.17) is 0 Å². The summed E-state index contributed by atoms with van der Waals surface area (Å²) in [6.45, 7) is 4.82. The third kappa shape index (κ3) is 3.94. The smallest absolute Gasteiger partial charge is 0.269 e. The first-order chi connectivity index (χ1) is 10.1. The van der Waals surface area contributed by atoms with Gasteiger partial charge in [-0.25, -0.2) is 0 Å². The summed E-state index contributed by atoms with van der Waals surface area (Å²) in [6, 6.07) is 3.60. The summed E-state index contributed by atoms with van der Waals surface area (Å²) in [4.78, 5) is 15.9. The minimum absolute atomic E-state index is 0.110. The normalized spacial score (nSPS) is 25.4. The number of carbonyl (C=O) groups is 1. The second-order valence-corrected chi connectivity index (χ2v) is 6.04. The highest BCUT2D eigenvalue weighted by Gasteiger charge is 2.33. The molecule has 0 aromatic carbocycles. The molecule has 1 aliphatic rings. The number of pyridine rings is 1. The van der Waals surface area contributed by atoms with Gasteiger partial charge in [0.1, 0.15) is 5.69 Å². The van der Waals surface area contributed by atoms with Gasteiger partial charge in [-0.2, -0.15) is 0 Å². The van der Waals surface area contributed by atoms with Crippen LogP contribution in [0.1, 0.15) is 50.0 Å². The lowest BCUT2D eigenvalue weighted by Gasteiger charge is -2.39. The van der Waals surface area contributed by atoms with Crippen LogP contribution in [0, 0.1) is 5.92 Å². The van der Waals surface area contributed by atoms with E-state index in [1.165, 1.54) is 0 Å². The molecule has 0 bridgehead atoms. The van der Waals surface area contributed by atoms with E-state index < -0.39 is 0 Å².